The number of nitrogens with zero attached hydrogens (tertiary/aromatic N) is 1. The maximum absolute atomic E-state index is 12.4. The molecule has 0 saturated heterocycles. The van der Waals surface area contributed by atoms with E-state index in [2.05, 4.69) is 10.3 Å². The fourth-order valence-corrected chi connectivity index (χ4v) is 1.64. The molecular formula is C13H10F3N3O2. The number of nitrogens with one attached hydrogen (secondary N) is 1. The van der Waals surface area contributed by atoms with E-state index in [1.807, 2.05) is 0 Å². The smallest absolute Gasteiger partial charge is 0.433 e. The van der Waals surface area contributed by atoms with E-state index in [4.69, 9.17) is 10.8 Å². The third-order valence-electron chi connectivity index (χ3n) is 2.62. The first kappa shape index (κ1) is 14.6. The molecule has 5 nitrogen and oxygen atoms in total. The first-order valence-corrected chi connectivity index (χ1v) is 5.70. The molecule has 0 aliphatic heterocycles. The zero-order valence-electron chi connectivity index (χ0n) is 10.5. The van der Waals surface area contributed by atoms with Crippen LogP contribution in [0.15, 0.2) is 36.5 Å². The van der Waals surface area contributed by atoms with Crippen LogP contribution in [-0.4, -0.2) is 16.1 Å². The number of rotatable bonds is 3. The number of alkyl halides is 3. The van der Waals surface area contributed by atoms with E-state index in [0.717, 1.165) is 12.3 Å². The molecule has 0 spiro atoms. The van der Waals surface area contributed by atoms with Crippen molar-refractivity contribution in [2.75, 3.05) is 11.1 Å². The Morgan fingerprint density at radius 3 is 2.33 bits per heavy atom. The maximum atomic E-state index is 12.4. The van der Waals surface area contributed by atoms with Crippen molar-refractivity contribution in [2.45, 2.75) is 6.18 Å². The van der Waals surface area contributed by atoms with Gasteiger partial charge in [0.15, 0.2) is 0 Å². The molecule has 21 heavy (non-hydrogen) atoms. The average Bonchev–Trinajstić information content (AvgIpc) is 2.38. The Balaban J connectivity index is 2.19. The molecule has 1 aromatic heterocycles. The summed E-state index contributed by atoms with van der Waals surface area (Å²) in [7, 11) is 0. The monoisotopic (exact) mass is 297 g/mol. The number of aromatic nitrogens is 1. The van der Waals surface area contributed by atoms with Gasteiger partial charge in [-0.2, -0.15) is 13.2 Å². The minimum absolute atomic E-state index is 0.0485. The summed E-state index contributed by atoms with van der Waals surface area (Å²) in [5.41, 5.74) is 5.35. The number of benzene rings is 1. The minimum atomic E-state index is -4.49. The van der Waals surface area contributed by atoms with Crippen molar-refractivity contribution in [1.82, 2.24) is 4.98 Å². The molecule has 1 aromatic carbocycles. The van der Waals surface area contributed by atoms with Crippen molar-refractivity contribution in [1.29, 1.82) is 0 Å². The van der Waals surface area contributed by atoms with E-state index in [1.54, 1.807) is 0 Å². The van der Waals surface area contributed by atoms with Gasteiger partial charge in [-0.3, -0.25) is 0 Å². The number of pyridine rings is 1. The molecule has 0 amide bonds. The van der Waals surface area contributed by atoms with Crippen molar-refractivity contribution in [3.8, 4) is 0 Å². The van der Waals surface area contributed by atoms with E-state index < -0.39 is 17.8 Å². The summed E-state index contributed by atoms with van der Waals surface area (Å²) in [6.07, 6.45) is -3.46. The lowest BCUT2D eigenvalue weighted by Gasteiger charge is -2.10. The number of hydrogen-bond donors (Lipinski definition) is 3. The third kappa shape index (κ3) is 3.41. The van der Waals surface area contributed by atoms with E-state index in [1.165, 1.54) is 24.3 Å². The van der Waals surface area contributed by atoms with Crippen LogP contribution in [-0.2, 0) is 6.18 Å². The molecule has 0 unspecified atom stereocenters. The largest absolute Gasteiger partial charge is 0.478 e. The van der Waals surface area contributed by atoms with Crippen molar-refractivity contribution < 1.29 is 23.1 Å². The third-order valence-corrected chi connectivity index (χ3v) is 2.62. The molecule has 0 aliphatic carbocycles. The van der Waals surface area contributed by atoms with Crippen molar-refractivity contribution >= 4 is 23.0 Å². The molecule has 2 rings (SSSR count). The summed E-state index contributed by atoms with van der Waals surface area (Å²) in [6.45, 7) is 0. The second kappa shape index (κ2) is 5.31. The van der Waals surface area contributed by atoms with Gasteiger partial charge in [0, 0.05) is 11.4 Å². The second-order valence-corrected chi connectivity index (χ2v) is 4.16. The van der Waals surface area contributed by atoms with Crippen molar-refractivity contribution in [3.63, 3.8) is 0 Å². The number of anilines is 3. The van der Waals surface area contributed by atoms with Crippen LogP contribution in [0.3, 0.4) is 0 Å². The Morgan fingerprint density at radius 1 is 1.19 bits per heavy atom. The van der Waals surface area contributed by atoms with E-state index in [9.17, 15) is 18.0 Å². The summed E-state index contributed by atoms with van der Waals surface area (Å²) >= 11 is 0. The summed E-state index contributed by atoms with van der Waals surface area (Å²) in [6, 6.07) is 6.20. The summed E-state index contributed by atoms with van der Waals surface area (Å²) < 4.78 is 37.1. The zero-order chi connectivity index (χ0) is 15.6. The fraction of sp³-hybridized carbons (Fsp3) is 0.0769. The highest BCUT2D eigenvalue weighted by atomic mass is 19.4. The average molecular weight is 297 g/mol. The number of carboxylic acid groups (broad SMARTS) is 1. The predicted octanol–water partition coefficient (Wildman–Crippen LogP) is 3.12. The van der Waals surface area contributed by atoms with Crippen LogP contribution in [0.2, 0.25) is 0 Å². The molecule has 0 bridgehead atoms. The van der Waals surface area contributed by atoms with Crippen LogP contribution in [0.1, 0.15) is 16.1 Å². The van der Waals surface area contributed by atoms with Gasteiger partial charge in [-0.1, -0.05) is 0 Å². The van der Waals surface area contributed by atoms with Crippen LogP contribution < -0.4 is 11.1 Å². The molecule has 0 saturated carbocycles. The zero-order valence-corrected chi connectivity index (χ0v) is 10.5. The molecule has 0 radical (unpaired) electrons. The lowest BCUT2D eigenvalue weighted by Crippen LogP contribution is -2.07. The lowest BCUT2D eigenvalue weighted by atomic mass is 10.1. The SMILES string of the molecule is Nc1cc(Nc2ccc(C(F)(F)F)nc2)ccc1C(=O)O. The number of hydrogen-bond acceptors (Lipinski definition) is 4. The van der Waals surface area contributed by atoms with Crippen LogP contribution in [0, 0.1) is 0 Å². The molecule has 0 atom stereocenters. The molecule has 110 valence electrons. The first-order valence-electron chi connectivity index (χ1n) is 5.70. The van der Waals surface area contributed by atoms with Gasteiger partial charge >= 0.3 is 12.1 Å². The predicted molar refractivity (Wildman–Crippen MR) is 70.3 cm³/mol. The van der Waals surface area contributed by atoms with Crippen LogP contribution in [0.5, 0.6) is 0 Å². The number of nitrogen functional groups attached to an aromatic ring is 1. The van der Waals surface area contributed by atoms with Crippen molar-refractivity contribution in [2.24, 2.45) is 0 Å². The van der Waals surface area contributed by atoms with Gasteiger partial charge in [-0.05, 0) is 30.3 Å². The second-order valence-electron chi connectivity index (χ2n) is 4.16. The Labute approximate surface area is 117 Å². The van der Waals surface area contributed by atoms with Gasteiger partial charge < -0.3 is 16.2 Å². The Bertz CT molecular complexity index is 669. The number of aromatic carboxylic acids is 1. The van der Waals surface area contributed by atoms with Gasteiger partial charge in [0.25, 0.3) is 0 Å². The highest BCUT2D eigenvalue weighted by molar-refractivity contribution is 5.94. The highest BCUT2D eigenvalue weighted by Crippen LogP contribution is 2.28. The molecule has 4 N–H and O–H groups in total. The first-order chi connectivity index (χ1) is 9.77. The van der Waals surface area contributed by atoms with Gasteiger partial charge in [0.2, 0.25) is 0 Å². The minimum Gasteiger partial charge on any atom is -0.478 e. The van der Waals surface area contributed by atoms with Gasteiger partial charge in [-0.25, -0.2) is 9.78 Å². The molecular weight excluding hydrogens is 287 g/mol. The lowest BCUT2D eigenvalue weighted by molar-refractivity contribution is -0.141. The Morgan fingerprint density at radius 2 is 1.86 bits per heavy atom. The summed E-state index contributed by atoms with van der Waals surface area (Å²) in [5, 5.41) is 11.6. The Hall–Kier alpha value is -2.77. The van der Waals surface area contributed by atoms with Gasteiger partial charge in [0.05, 0.1) is 17.4 Å². The topological polar surface area (TPSA) is 88.2 Å². The molecule has 2 aromatic rings. The van der Waals surface area contributed by atoms with Crippen LogP contribution >= 0.6 is 0 Å². The molecule has 8 heteroatoms. The van der Waals surface area contributed by atoms with Gasteiger partial charge in [0.1, 0.15) is 5.69 Å². The van der Waals surface area contributed by atoms with Crippen molar-refractivity contribution in [3.05, 3.63) is 47.8 Å². The van der Waals surface area contributed by atoms with Crippen LogP contribution in [0.4, 0.5) is 30.2 Å². The van der Waals surface area contributed by atoms with Crippen LogP contribution in [0.25, 0.3) is 0 Å². The molecule has 0 aliphatic rings. The highest BCUT2D eigenvalue weighted by Gasteiger charge is 2.31. The normalized spacial score (nSPS) is 11.2. The van der Waals surface area contributed by atoms with Gasteiger partial charge in [-0.15, -0.1) is 0 Å². The van der Waals surface area contributed by atoms with E-state index in [0.29, 0.717) is 11.4 Å². The maximum Gasteiger partial charge on any atom is 0.433 e. The summed E-state index contributed by atoms with van der Waals surface area (Å²) in [4.78, 5) is 14.1. The number of carboxylic acids is 1. The quantitative estimate of drug-likeness (QED) is 0.757. The number of nitrogens with two attached hydrogens (primary N) is 1. The number of carbonyl (C=O) groups is 1. The standard InChI is InChI=1S/C13H10F3N3O2/c14-13(15,16)11-4-2-8(6-18-11)19-7-1-3-9(12(20)21)10(17)5-7/h1-6,19H,17H2,(H,20,21). The Kier molecular flexibility index (Phi) is 3.70. The molecule has 0 fully saturated rings. The fourth-order valence-electron chi connectivity index (χ4n) is 1.64. The summed E-state index contributed by atoms with van der Waals surface area (Å²) in [5.74, 6) is -1.16. The number of halogens is 3. The van der Waals surface area contributed by atoms with E-state index >= 15 is 0 Å². The molecule has 1 heterocycles. The van der Waals surface area contributed by atoms with E-state index in [-0.39, 0.29) is 11.3 Å².